The van der Waals surface area contributed by atoms with Gasteiger partial charge in [0.05, 0.1) is 5.75 Å². The predicted molar refractivity (Wildman–Crippen MR) is 69.2 cm³/mol. The predicted octanol–water partition coefficient (Wildman–Crippen LogP) is 2.36. The average molecular weight is 253 g/mol. The summed E-state index contributed by atoms with van der Waals surface area (Å²) in [5.74, 6) is 0.0934. The summed E-state index contributed by atoms with van der Waals surface area (Å²) in [6.07, 6.45) is 4.23. The second-order valence-corrected chi connectivity index (χ2v) is 6.54. The number of nitrogens with one attached hydrogen (secondary N) is 1. The molecule has 1 aromatic rings. The highest BCUT2D eigenvalue weighted by molar-refractivity contribution is 7.88. The van der Waals surface area contributed by atoms with E-state index in [2.05, 4.69) is 4.72 Å². The molecule has 0 spiro atoms. The van der Waals surface area contributed by atoms with Gasteiger partial charge in [0.25, 0.3) is 0 Å². The lowest BCUT2D eigenvalue weighted by atomic mass is 10.1. The van der Waals surface area contributed by atoms with Crippen LogP contribution in [0.3, 0.4) is 0 Å². The summed E-state index contributed by atoms with van der Waals surface area (Å²) in [5.41, 5.74) is 1.92. The summed E-state index contributed by atoms with van der Waals surface area (Å²) in [6.45, 7) is 1.94. The first-order chi connectivity index (χ1) is 8.07. The van der Waals surface area contributed by atoms with Gasteiger partial charge in [0.15, 0.2) is 0 Å². The van der Waals surface area contributed by atoms with E-state index in [1.807, 2.05) is 31.2 Å². The van der Waals surface area contributed by atoms with Crippen molar-refractivity contribution in [1.29, 1.82) is 0 Å². The second kappa shape index (κ2) is 5.19. The molecule has 1 saturated carbocycles. The lowest BCUT2D eigenvalue weighted by Crippen LogP contribution is -2.33. The van der Waals surface area contributed by atoms with Crippen molar-refractivity contribution >= 4 is 10.0 Å². The zero-order chi connectivity index (χ0) is 12.3. The van der Waals surface area contributed by atoms with Gasteiger partial charge in [-0.1, -0.05) is 37.1 Å². The number of aryl methyl sites for hydroxylation is 1. The zero-order valence-corrected chi connectivity index (χ0v) is 11.0. The first kappa shape index (κ1) is 12.6. The first-order valence-corrected chi connectivity index (χ1v) is 7.76. The standard InChI is InChI=1S/C13H19NO2S/c1-11-6-2-3-7-12(11)10-17(15,16)14-13-8-4-5-9-13/h2-3,6-7,13-14H,4-5,8-10H2,1H3. The van der Waals surface area contributed by atoms with E-state index in [4.69, 9.17) is 0 Å². The Hall–Kier alpha value is -0.870. The molecule has 0 atom stereocenters. The van der Waals surface area contributed by atoms with Crippen LogP contribution in [-0.2, 0) is 15.8 Å². The number of hydrogen-bond acceptors (Lipinski definition) is 2. The minimum absolute atomic E-state index is 0.0934. The van der Waals surface area contributed by atoms with Crippen molar-refractivity contribution in [3.05, 3.63) is 35.4 Å². The second-order valence-electron chi connectivity index (χ2n) is 4.78. The van der Waals surface area contributed by atoms with Gasteiger partial charge in [0, 0.05) is 6.04 Å². The molecule has 1 aromatic carbocycles. The van der Waals surface area contributed by atoms with Crippen LogP contribution in [0.15, 0.2) is 24.3 Å². The number of sulfonamides is 1. The molecule has 1 aliphatic rings. The van der Waals surface area contributed by atoms with Gasteiger partial charge >= 0.3 is 0 Å². The molecule has 0 aliphatic heterocycles. The lowest BCUT2D eigenvalue weighted by molar-refractivity contribution is 0.551. The molecule has 0 saturated heterocycles. The van der Waals surface area contributed by atoms with Gasteiger partial charge in [-0.3, -0.25) is 0 Å². The fourth-order valence-electron chi connectivity index (χ4n) is 2.32. The summed E-state index contributed by atoms with van der Waals surface area (Å²) < 4.78 is 26.8. The summed E-state index contributed by atoms with van der Waals surface area (Å²) in [6, 6.07) is 7.79. The lowest BCUT2D eigenvalue weighted by Gasteiger charge is -2.13. The van der Waals surface area contributed by atoms with Crippen LogP contribution in [0.5, 0.6) is 0 Å². The highest BCUT2D eigenvalue weighted by Crippen LogP contribution is 2.19. The molecule has 0 radical (unpaired) electrons. The third kappa shape index (κ3) is 3.54. The SMILES string of the molecule is Cc1ccccc1CS(=O)(=O)NC1CCCC1. The van der Waals surface area contributed by atoms with E-state index in [1.165, 1.54) is 0 Å². The molecule has 2 rings (SSSR count). The van der Waals surface area contributed by atoms with E-state index < -0.39 is 10.0 Å². The van der Waals surface area contributed by atoms with E-state index in [0.717, 1.165) is 36.8 Å². The molecule has 4 heteroatoms. The van der Waals surface area contributed by atoms with Crippen LogP contribution in [0.2, 0.25) is 0 Å². The molecule has 0 heterocycles. The van der Waals surface area contributed by atoms with E-state index in [1.54, 1.807) is 0 Å². The first-order valence-electron chi connectivity index (χ1n) is 6.11. The van der Waals surface area contributed by atoms with Crippen molar-refractivity contribution in [2.45, 2.75) is 44.4 Å². The number of hydrogen-bond donors (Lipinski definition) is 1. The molecule has 1 N–H and O–H groups in total. The Morgan fingerprint density at radius 3 is 2.53 bits per heavy atom. The molecule has 0 bridgehead atoms. The van der Waals surface area contributed by atoms with Gasteiger partial charge in [0.1, 0.15) is 0 Å². The Labute approximate surface area is 103 Å². The Bertz CT molecular complexity index is 476. The number of benzene rings is 1. The highest BCUT2D eigenvalue weighted by Gasteiger charge is 2.21. The van der Waals surface area contributed by atoms with Crippen LogP contribution >= 0.6 is 0 Å². The summed E-state index contributed by atoms with van der Waals surface area (Å²) >= 11 is 0. The Balaban J connectivity index is 2.04. The van der Waals surface area contributed by atoms with Gasteiger partial charge in [-0.2, -0.15) is 0 Å². The van der Waals surface area contributed by atoms with E-state index >= 15 is 0 Å². The van der Waals surface area contributed by atoms with Crippen LogP contribution < -0.4 is 4.72 Å². The van der Waals surface area contributed by atoms with Crippen LogP contribution in [0, 0.1) is 6.92 Å². The normalized spacial score (nSPS) is 17.5. The average Bonchev–Trinajstić information content (AvgIpc) is 2.73. The van der Waals surface area contributed by atoms with Crippen LogP contribution in [-0.4, -0.2) is 14.5 Å². The van der Waals surface area contributed by atoms with Crippen molar-refractivity contribution < 1.29 is 8.42 Å². The summed E-state index contributed by atoms with van der Waals surface area (Å²) in [4.78, 5) is 0. The fourth-order valence-corrected chi connectivity index (χ4v) is 3.88. The van der Waals surface area contributed by atoms with Gasteiger partial charge in [0.2, 0.25) is 10.0 Å². The molecule has 1 fully saturated rings. The minimum Gasteiger partial charge on any atom is -0.212 e. The van der Waals surface area contributed by atoms with Crippen LogP contribution in [0.25, 0.3) is 0 Å². The largest absolute Gasteiger partial charge is 0.216 e. The molecule has 0 aromatic heterocycles. The Morgan fingerprint density at radius 1 is 1.24 bits per heavy atom. The monoisotopic (exact) mass is 253 g/mol. The maximum atomic E-state index is 12.0. The minimum atomic E-state index is -3.19. The topological polar surface area (TPSA) is 46.2 Å². The van der Waals surface area contributed by atoms with E-state index in [0.29, 0.717) is 0 Å². The maximum Gasteiger partial charge on any atom is 0.216 e. The van der Waals surface area contributed by atoms with Crippen molar-refractivity contribution in [2.75, 3.05) is 0 Å². The van der Waals surface area contributed by atoms with Crippen molar-refractivity contribution in [3.63, 3.8) is 0 Å². The van der Waals surface area contributed by atoms with Gasteiger partial charge in [-0.05, 0) is 30.9 Å². The van der Waals surface area contributed by atoms with Gasteiger partial charge in [-0.25, -0.2) is 13.1 Å². The van der Waals surface area contributed by atoms with Crippen molar-refractivity contribution in [1.82, 2.24) is 4.72 Å². The van der Waals surface area contributed by atoms with E-state index in [9.17, 15) is 8.42 Å². The van der Waals surface area contributed by atoms with E-state index in [-0.39, 0.29) is 11.8 Å². The molecule has 0 unspecified atom stereocenters. The highest BCUT2D eigenvalue weighted by atomic mass is 32.2. The molecular weight excluding hydrogens is 234 g/mol. The molecule has 94 valence electrons. The third-order valence-corrected chi connectivity index (χ3v) is 4.69. The summed E-state index contributed by atoms with van der Waals surface area (Å²) in [7, 11) is -3.19. The molecule has 1 aliphatic carbocycles. The maximum absolute atomic E-state index is 12.0. The Kier molecular flexibility index (Phi) is 3.84. The fraction of sp³-hybridized carbons (Fsp3) is 0.538. The molecule has 3 nitrogen and oxygen atoms in total. The molecule has 0 amide bonds. The smallest absolute Gasteiger partial charge is 0.212 e. The van der Waals surface area contributed by atoms with Crippen molar-refractivity contribution in [2.24, 2.45) is 0 Å². The quantitative estimate of drug-likeness (QED) is 0.895. The summed E-state index contributed by atoms with van der Waals surface area (Å²) in [5, 5.41) is 0. The van der Waals surface area contributed by atoms with Crippen molar-refractivity contribution in [3.8, 4) is 0 Å². The molecular formula is C13H19NO2S. The van der Waals surface area contributed by atoms with Gasteiger partial charge in [-0.15, -0.1) is 0 Å². The third-order valence-electron chi connectivity index (χ3n) is 3.31. The van der Waals surface area contributed by atoms with Gasteiger partial charge < -0.3 is 0 Å². The zero-order valence-electron chi connectivity index (χ0n) is 10.1. The van der Waals surface area contributed by atoms with Crippen LogP contribution in [0.1, 0.15) is 36.8 Å². The van der Waals surface area contributed by atoms with Crippen LogP contribution in [0.4, 0.5) is 0 Å². The number of rotatable bonds is 4. The molecule has 17 heavy (non-hydrogen) atoms. The Morgan fingerprint density at radius 2 is 1.88 bits per heavy atom.